The van der Waals surface area contributed by atoms with E-state index in [-0.39, 0.29) is 11.8 Å². The Morgan fingerprint density at radius 1 is 1.42 bits per heavy atom. The van der Waals surface area contributed by atoms with Gasteiger partial charge in [0, 0.05) is 18.0 Å². The summed E-state index contributed by atoms with van der Waals surface area (Å²) in [6.45, 7) is 2.19. The van der Waals surface area contributed by atoms with Gasteiger partial charge in [-0.3, -0.25) is 9.69 Å². The van der Waals surface area contributed by atoms with Crippen LogP contribution in [0, 0.1) is 0 Å². The first-order valence-corrected chi connectivity index (χ1v) is 6.71. The number of nitrogens with two attached hydrogens (primary N) is 1. The maximum Gasteiger partial charge on any atom is 0.180 e. The molecule has 4 nitrogen and oxygen atoms in total. The minimum Gasteiger partial charge on any atom is -0.464 e. The lowest BCUT2D eigenvalue weighted by Crippen LogP contribution is -2.44. The summed E-state index contributed by atoms with van der Waals surface area (Å²) in [7, 11) is 0. The highest BCUT2D eigenvalue weighted by atomic mass is 16.3. The number of benzene rings is 1. The number of carbonyl (C=O) groups excluding carboxylic acids is 1. The van der Waals surface area contributed by atoms with Crippen LogP contribution in [0.5, 0.6) is 0 Å². The number of carbonyl (C=O) groups is 1. The molecule has 19 heavy (non-hydrogen) atoms. The third-order valence-electron chi connectivity index (χ3n) is 3.69. The van der Waals surface area contributed by atoms with Crippen LogP contribution in [-0.2, 0) is 0 Å². The largest absolute Gasteiger partial charge is 0.464 e. The van der Waals surface area contributed by atoms with E-state index in [0.29, 0.717) is 12.1 Å². The van der Waals surface area contributed by atoms with Gasteiger partial charge in [0.1, 0.15) is 11.8 Å². The Kier molecular flexibility index (Phi) is 3.36. The van der Waals surface area contributed by atoms with Crippen molar-refractivity contribution >= 4 is 16.8 Å². The van der Waals surface area contributed by atoms with Crippen LogP contribution in [0.15, 0.2) is 34.9 Å². The van der Waals surface area contributed by atoms with E-state index in [1.54, 1.807) is 6.26 Å². The number of nitrogens with zero attached hydrogens (tertiary/aromatic N) is 1. The van der Waals surface area contributed by atoms with Crippen molar-refractivity contribution in [1.82, 2.24) is 4.90 Å². The fourth-order valence-electron chi connectivity index (χ4n) is 2.72. The zero-order valence-corrected chi connectivity index (χ0v) is 10.8. The molecule has 100 valence electrons. The van der Waals surface area contributed by atoms with E-state index in [1.165, 1.54) is 0 Å². The first kappa shape index (κ1) is 12.4. The number of piperidine rings is 1. The fraction of sp³-hybridized carbons (Fsp3) is 0.400. The van der Waals surface area contributed by atoms with E-state index in [0.717, 1.165) is 36.9 Å². The summed E-state index contributed by atoms with van der Waals surface area (Å²) in [5.74, 6) is 0.110. The topological polar surface area (TPSA) is 59.5 Å². The number of hydrogen-bond acceptors (Lipinski definition) is 4. The third kappa shape index (κ3) is 2.55. The molecule has 1 fully saturated rings. The Morgan fingerprint density at radius 2 is 2.26 bits per heavy atom. The van der Waals surface area contributed by atoms with Crippen molar-refractivity contribution < 1.29 is 9.21 Å². The molecule has 1 unspecified atom stereocenters. The van der Waals surface area contributed by atoms with Crippen molar-refractivity contribution in [2.24, 2.45) is 5.73 Å². The summed E-state index contributed by atoms with van der Waals surface area (Å²) in [6, 6.07) is 7.83. The Balaban J connectivity index is 1.76. The monoisotopic (exact) mass is 258 g/mol. The van der Waals surface area contributed by atoms with Gasteiger partial charge in [0.25, 0.3) is 0 Å². The number of likely N-dealkylation sites (tertiary alicyclic amines) is 1. The van der Waals surface area contributed by atoms with Gasteiger partial charge >= 0.3 is 0 Å². The lowest BCUT2D eigenvalue weighted by molar-refractivity contribution is 0.0909. The number of Topliss-reactive ketones (excluding diaryl/α,β-unsaturated/α-hetero) is 1. The molecule has 0 amide bonds. The van der Waals surface area contributed by atoms with Gasteiger partial charge in [0.05, 0.1) is 12.1 Å². The van der Waals surface area contributed by atoms with Gasteiger partial charge in [-0.2, -0.15) is 0 Å². The zero-order chi connectivity index (χ0) is 13.2. The second-order valence-corrected chi connectivity index (χ2v) is 5.21. The minimum atomic E-state index is 0.110. The molecule has 2 heterocycles. The van der Waals surface area contributed by atoms with Gasteiger partial charge in [-0.05, 0) is 25.5 Å². The first-order chi connectivity index (χ1) is 9.24. The number of hydrogen-bond donors (Lipinski definition) is 1. The maximum absolute atomic E-state index is 12.4. The average molecular weight is 258 g/mol. The Bertz CT molecular complexity index is 591. The maximum atomic E-state index is 12.4. The summed E-state index contributed by atoms with van der Waals surface area (Å²) in [4.78, 5) is 14.5. The number of furan rings is 1. The van der Waals surface area contributed by atoms with Gasteiger partial charge in [-0.25, -0.2) is 0 Å². The smallest absolute Gasteiger partial charge is 0.180 e. The van der Waals surface area contributed by atoms with Crippen molar-refractivity contribution in [3.8, 4) is 0 Å². The normalized spacial score (nSPS) is 20.8. The standard InChI is InChI=1S/C15H18N2O2/c16-11-4-3-7-17(8-11)9-14(18)13-10-19-15-6-2-1-5-12(13)15/h1-2,5-6,10-11H,3-4,7-9,16H2. The van der Waals surface area contributed by atoms with Crippen LogP contribution in [0.4, 0.5) is 0 Å². The summed E-state index contributed by atoms with van der Waals surface area (Å²) < 4.78 is 5.42. The highest BCUT2D eigenvalue weighted by molar-refractivity contribution is 6.08. The van der Waals surface area contributed by atoms with Gasteiger partial charge in [0.15, 0.2) is 5.78 Å². The second-order valence-electron chi connectivity index (χ2n) is 5.21. The second kappa shape index (κ2) is 5.15. The van der Waals surface area contributed by atoms with Crippen molar-refractivity contribution in [2.75, 3.05) is 19.6 Å². The molecule has 4 heteroatoms. The molecule has 0 radical (unpaired) electrons. The summed E-state index contributed by atoms with van der Waals surface area (Å²) in [5, 5.41) is 0.897. The van der Waals surface area contributed by atoms with E-state index < -0.39 is 0 Å². The van der Waals surface area contributed by atoms with Crippen LogP contribution < -0.4 is 5.73 Å². The first-order valence-electron chi connectivity index (χ1n) is 6.71. The molecule has 1 aromatic carbocycles. The number of fused-ring (bicyclic) bond motifs is 1. The fourth-order valence-corrected chi connectivity index (χ4v) is 2.72. The van der Waals surface area contributed by atoms with Crippen molar-refractivity contribution in [2.45, 2.75) is 18.9 Å². The lowest BCUT2D eigenvalue weighted by atomic mass is 10.0. The summed E-state index contributed by atoms with van der Waals surface area (Å²) >= 11 is 0. The van der Waals surface area contributed by atoms with E-state index in [1.807, 2.05) is 24.3 Å². The molecule has 0 bridgehead atoms. The highest BCUT2D eigenvalue weighted by Crippen LogP contribution is 2.21. The van der Waals surface area contributed by atoms with E-state index >= 15 is 0 Å². The predicted molar refractivity (Wildman–Crippen MR) is 74.2 cm³/mol. The minimum absolute atomic E-state index is 0.110. The van der Waals surface area contributed by atoms with Crippen molar-refractivity contribution in [3.63, 3.8) is 0 Å². The van der Waals surface area contributed by atoms with Gasteiger partial charge < -0.3 is 10.2 Å². The SMILES string of the molecule is NC1CCCN(CC(=O)c2coc3ccccc23)C1. The van der Waals surface area contributed by atoms with Crippen LogP contribution >= 0.6 is 0 Å². The Morgan fingerprint density at radius 3 is 3.11 bits per heavy atom. The van der Waals surface area contributed by atoms with E-state index in [2.05, 4.69) is 4.90 Å². The van der Waals surface area contributed by atoms with Crippen LogP contribution in [0.1, 0.15) is 23.2 Å². The van der Waals surface area contributed by atoms with Crippen molar-refractivity contribution in [1.29, 1.82) is 0 Å². The molecule has 2 N–H and O–H groups in total. The highest BCUT2D eigenvalue weighted by Gasteiger charge is 2.21. The van der Waals surface area contributed by atoms with Crippen LogP contribution in [0.25, 0.3) is 11.0 Å². The molecule has 3 rings (SSSR count). The quantitative estimate of drug-likeness (QED) is 0.856. The zero-order valence-electron chi connectivity index (χ0n) is 10.8. The molecule has 1 aliphatic heterocycles. The molecule has 1 atom stereocenters. The molecule has 0 saturated carbocycles. The number of rotatable bonds is 3. The predicted octanol–water partition coefficient (Wildman–Crippen LogP) is 2.04. The number of para-hydroxylation sites is 1. The van der Waals surface area contributed by atoms with E-state index in [4.69, 9.17) is 10.2 Å². The van der Waals surface area contributed by atoms with Gasteiger partial charge in [-0.15, -0.1) is 0 Å². The summed E-state index contributed by atoms with van der Waals surface area (Å²) in [5.41, 5.74) is 7.38. The molecule has 2 aromatic rings. The van der Waals surface area contributed by atoms with Crippen LogP contribution in [-0.4, -0.2) is 36.4 Å². The lowest BCUT2D eigenvalue weighted by Gasteiger charge is -2.29. The number of ketones is 1. The molecule has 1 saturated heterocycles. The molecular weight excluding hydrogens is 240 g/mol. The molecular formula is C15H18N2O2. The Hall–Kier alpha value is -1.65. The van der Waals surface area contributed by atoms with Crippen molar-refractivity contribution in [3.05, 3.63) is 36.1 Å². The summed E-state index contributed by atoms with van der Waals surface area (Å²) in [6.07, 6.45) is 3.69. The van der Waals surface area contributed by atoms with Gasteiger partial charge in [0.2, 0.25) is 0 Å². The molecule has 0 spiro atoms. The average Bonchev–Trinajstić information content (AvgIpc) is 2.82. The van der Waals surface area contributed by atoms with E-state index in [9.17, 15) is 4.79 Å². The van der Waals surface area contributed by atoms with Gasteiger partial charge in [-0.1, -0.05) is 18.2 Å². The molecule has 1 aliphatic rings. The van der Waals surface area contributed by atoms with Crippen LogP contribution in [0.2, 0.25) is 0 Å². The Labute approximate surface area is 112 Å². The molecule has 1 aromatic heterocycles. The molecule has 0 aliphatic carbocycles. The third-order valence-corrected chi connectivity index (χ3v) is 3.69. The van der Waals surface area contributed by atoms with Crippen LogP contribution in [0.3, 0.4) is 0 Å².